The molecule has 1 fully saturated rings. The van der Waals surface area contributed by atoms with Gasteiger partial charge in [0.2, 0.25) is 5.91 Å². The summed E-state index contributed by atoms with van der Waals surface area (Å²) in [4.78, 5) is 49.4. The number of aryl methyl sites for hydroxylation is 1. The fraction of sp³-hybridized carbons (Fsp3) is 0.182. The lowest BCUT2D eigenvalue weighted by Gasteiger charge is -2.12. The highest BCUT2D eigenvalue weighted by atomic mass is 32.2. The molecule has 0 aromatic heterocycles. The monoisotopic (exact) mass is 440 g/mol. The molecular formula is C22H20N2O6S. The molecule has 0 spiro atoms. The van der Waals surface area contributed by atoms with E-state index < -0.39 is 23.0 Å². The van der Waals surface area contributed by atoms with Gasteiger partial charge in [-0.15, -0.1) is 0 Å². The second-order valence-corrected chi connectivity index (χ2v) is 7.68. The van der Waals surface area contributed by atoms with Crippen LogP contribution in [0.1, 0.15) is 18.1 Å². The van der Waals surface area contributed by atoms with E-state index in [1.54, 1.807) is 24.3 Å². The maximum Gasteiger partial charge on any atom is 0.308 e. The Hall–Kier alpha value is -3.59. The van der Waals surface area contributed by atoms with Crippen LogP contribution in [0, 0.1) is 6.92 Å². The molecule has 160 valence electrons. The van der Waals surface area contributed by atoms with Gasteiger partial charge in [0.05, 0.1) is 12.0 Å². The second kappa shape index (κ2) is 9.48. The number of benzene rings is 2. The first-order chi connectivity index (χ1) is 14.8. The number of thioether (sulfide) groups is 1. The smallest absolute Gasteiger partial charge is 0.308 e. The summed E-state index contributed by atoms with van der Waals surface area (Å²) in [5.41, 5.74) is 2.20. The van der Waals surface area contributed by atoms with Crippen LogP contribution in [0.5, 0.6) is 11.5 Å². The minimum absolute atomic E-state index is 0.176. The van der Waals surface area contributed by atoms with E-state index in [0.717, 1.165) is 22.2 Å². The summed E-state index contributed by atoms with van der Waals surface area (Å²) in [5, 5.41) is 2.14. The molecule has 1 aliphatic rings. The first-order valence-corrected chi connectivity index (χ1v) is 10.1. The number of amides is 3. The maximum atomic E-state index is 12.7. The van der Waals surface area contributed by atoms with Crippen LogP contribution in [0.2, 0.25) is 0 Å². The highest BCUT2D eigenvalue weighted by Crippen LogP contribution is 2.34. The molecule has 0 bridgehead atoms. The number of ether oxygens (including phenoxy) is 2. The van der Waals surface area contributed by atoms with Crippen molar-refractivity contribution < 1.29 is 28.7 Å². The summed E-state index contributed by atoms with van der Waals surface area (Å²) in [5.74, 6) is -0.971. The minimum Gasteiger partial charge on any atom is -0.493 e. The van der Waals surface area contributed by atoms with E-state index in [0.29, 0.717) is 17.0 Å². The molecule has 9 heteroatoms. The van der Waals surface area contributed by atoms with Crippen LogP contribution in [-0.4, -0.2) is 41.6 Å². The number of methoxy groups -OCH3 is 1. The van der Waals surface area contributed by atoms with Crippen LogP contribution >= 0.6 is 11.8 Å². The predicted octanol–water partition coefficient (Wildman–Crippen LogP) is 3.60. The van der Waals surface area contributed by atoms with Gasteiger partial charge in [-0.3, -0.25) is 24.1 Å². The average Bonchev–Trinajstić information content (AvgIpc) is 2.97. The number of carbonyl (C=O) groups excluding carboxylic acids is 4. The van der Waals surface area contributed by atoms with Gasteiger partial charge in [-0.2, -0.15) is 0 Å². The van der Waals surface area contributed by atoms with Gasteiger partial charge in [-0.25, -0.2) is 0 Å². The third-order valence-corrected chi connectivity index (χ3v) is 5.16. The molecule has 0 aliphatic carbocycles. The van der Waals surface area contributed by atoms with E-state index in [1.807, 2.05) is 19.1 Å². The van der Waals surface area contributed by atoms with E-state index in [4.69, 9.17) is 9.47 Å². The van der Waals surface area contributed by atoms with E-state index >= 15 is 0 Å². The Morgan fingerprint density at radius 2 is 1.81 bits per heavy atom. The van der Waals surface area contributed by atoms with Gasteiger partial charge in [0.25, 0.3) is 11.1 Å². The zero-order valence-corrected chi connectivity index (χ0v) is 17.9. The van der Waals surface area contributed by atoms with Crippen molar-refractivity contribution in [3.63, 3.8) is 0 Å². The van der Waals surface area contributed by atoms with Crippen molar-refractivity contribution >= 4 is 46.5 Å². The molecule has 3 amide bonds. The fourth-order valence-electron chi connectivity index (χ4n) is 2.78. The van der Waals surface area contributed by atoms with Gasteiger partial charge in [-0.1, -0.05) is 23.8 Å². The van der Waals surface area contributed by atoms with Gasteiger partial charge < -0.3 is 14.8 Å². The third kappa shape index (κ3) is 5.52. The Bertz CT molecular complexity index is 1080. The van der Waals surface area contributed by atoms with Gasteiger partial charge in [0.1, 0.15) is 6.54 Å². The van der Waals surface area contributed by atoms with Crippen molar-refractivity contribution in [1.29, 1.82) is 0 Å². The number of hydrogen-bond donors (Lipinski definition) is 1. The molecule has 2 aromatic rings. The lowest BCUT2D eigenvalue weighted by Crippen LogP contribution is -2.36. The molecule has 1 saturated heterocycles. The molecule has 3 rings (SSSR count). The quantitative estimate of drug-likeness (QED) is 0.416. The number of hydrogen-bond acceptors (Lipinski definition) is 7. The SMILES string of the molecule is COc1cc(/C=C2\SC(=O)N(CC(=O)Nc3ccc(C)cc3)C2=O)ccc1OC(C)=O. The summed E-state index contributed by atoms with van der Waals surface area (Å²) < 4.78 is 10.3. The molecule has 0 radical (unpaired) electrons. The standard InChI is InChI=1S/C22H20N2O6S/c1-13-4-7-16(8-5-13)23-20(26)12-24-21(27)19(31-22(24)28)11-15-6-9-17(30-14(2)25)18(10-15)29-3/h4-11H,12H2,1-3H3,(H,23,26)/b19-11-. The number of nitrogens with zero attached hydrogens (tertiary/aromatic N) is 1. The summed E-state index contributed by atoms with van der Waals surface area (Å²) in [6.45, 7) is 2.82. The lowest BCUT2D eigenvalue weighted by atomic mass is 10.2. The summed E-state index contributed by atoms with van der Waals surface area (Å²) in [7, 11) is 1.42. The maximum absolute atomic E-state index is 12.7. The van der Waals surface area contributed by atoms with Crippen LogP contribution < -0.4 is 14.8 Å². The van der Waals surface area contributed by atoms with Gasteiger partial charge >= 0.3 is 5.97 Å². The predicted molar refractivity (Wildman–Crippen MR) is 117 cm³/mol. The van der Waals surface area contributed by atoms with Crippen LogP contribution in [0.25, 0.3) is 6.08 Å². The number of imide groups is 1. The number of nitrogens with one attached hydrogen (secondary N) is 1. The van der Waals surface area contributed by atoms with Crippen molar-refractivity contribution in [3.8, 4) is 11.5 Å². The van der Waals surface area contributed by atoms with Crippen molar-refractivity contribution in [2.45, 2.75) is 13.8 Å². The van der Waals surface area contributed by atoms with E-state index in [9.17, 15) is 19.2 Å². The van der Waals surface area contributed by atoms with E-state index in [1.165, 1.54) is 26.2 Å². The largest absolute Gasteiger partial charge is 0.493 e. The highest BCUT2D eigenvalue weighted by molar-refractivity contribution is 8.18. The average molecular weight is 440 g/mol. The Kier molecular flexibility index (Phi) is 6.76. The lowest BCUT2D eigenvalue weighted by molar-refractivity contribution is -0.132. The molecular weight excluding hydrogens is 420 g/mol. The molecule has 1 N–H and O–H groups in total. The highest BCUT2D eigenvalue weighted by Gasteiger charge is 2.36. The summed E-state index contributed by atoms with van der Waals surface area (Å²) >= 11 is 0.748. The number of rotatable bonds is 6. The van der Waals surface area contributed by atoms with Crippen molar-refractivity contribution in [3.05, 3.63) is 58.5 Å². The van der Waals surface area contributed by atoms with E-state index in [2.05, 4.69) is 5.32 Å². The van der Waals surface area contributed by atoms with Crippen molar-refractivity contribution in [2.75, 3.05) is 19.0 Å². The molecule has 1 aliphatic heterocycles. The first-order valence-electron chi connectivity index (χ1n) is 9.25. The molecule has 1 heterocycles. The van der Waals surface area contributed by atoms with Crippen LogP contribution in [0.4, 0.5) is 10.5 Å². The van der Waals surface area contributed by atoms with Gasteiger partial charge in [-0.05, 0) is 54.6 Å². The third-order valence-electron chi connectivity index (χ3n) is 4.25. The van der Waals surface area contributed by atoms with Crippen LogP contribution in [0.3, 0.4) is 0 Å². The Morgan fingerprint density at radius 1 is 1.10 bits per heavy atom. The minimum atomic E-state index is -0.558. The van der Waals surface area contributed by atoms with Gasteiger partial charge in [0.15, 0.2) is 11.5 Å². The van der Waals surface area contributed by atoms with Crippen LogP contribution in [-0.2, 0) is 14.4 Å². The summed E-state index contributed by atoms with van der Waals surface area (Å²) in [6, 6.07) is 11.9. The Labute approximate surface area is 183 Å². The Morgan fingerprint density at radius 3 is 2.45 bits per heavy atom. The van der Waals surface area contributed by atoms with Crippen molar-refractivity contribution in [2.24, 2.45) is 0 Å². The normalized spacial score (nSPS) is 14.7. The zero-order chi connectivity index (χ0) is 22.5. The molecule has 0 saturated carbocycles. The van der Waals surface area contributed by atoms with Crippen molar-refractivity contribution in [1.82, 2.24) is 4.90 Å². The zero-order valence-electron chi connectivity index (χ0n) is 17.1. The second-order valence-electron chi connectivity index (χ2n) is 6.69. The fourth-order valence-corrected chi connectivity index (χ4v) is 3.62. The number of esters is 1. The molecule has 0 unspecified atom stereocenters. The molecule has 2 aromatic carbocycles. The first kappa shape index (κ1) is 22.1. The number of anilines is 1. The number of carbonyl (C=O) groups is 4. The topological polar surface area (TPSA) is 102 Å². The molecule has 0 atom stereocenters. The van der Waals surface area contributed by atoms with Crippen LogP contribution in [0.15, 0.2) is 47.4 Å². The molecule has 31 heavy (non-hydrogen) atoms. The Balaban J connectivity index is 1.71. The van der Waals surface area contributed by atoms with E-state index in [-0.39, 0.29) is 17.2 Å². The molecule has 8 nitrogen and oxygen atoms in total. The summed E-state index contributed by atoms with van der Waals surface area (Å²) in [6.07, 6.45) is 1.52. The van der Waals surface area contributed by atoms with Gasteiger partial charge in [0, 0.05) is 12.6 Å².